The number of aromatic nitrogens is 5. The van der Waals surface area contributed by atoms with Crippen LogP contribution < -0.4 is 10.0 Å². The van der Waals surface area contributed by atoms with Crippen molar-refractivity contribution < 1.29 is 18.3 Å². The van der Waals surface area contributed by atoms with Gasteiger partial charge in [0.2, 0.25) is 10.0 Å². The lowest BCUT2D eigenvalue weighted by Gasteiger charge is -2.28. The van der Waals surface area contributed by atoms with Crippen molar-refractivity contribution in [1.82, 2.24) is 30.5 Å². The van der Waals surface area contributed by atoms with Crippen molar-refractivity contribution in [2.75, 3.05) is 17.5 Å². The lowest BCUT2D eigenvalue weighted by atomic mass is 9.78. The molecule has 0 spiro atoms. The molecule has 2 unspecified atom stereocenters. The summed E-state index contributed by atoms with van der Waals surface area (Å²) in [4.78, 5) is 15.1. The van der Waals surface area contributed by atoms with E-state index in [0.717, 1.165) is 34.0 Å². The van der Waals surface area contributed by atoms with Crippen LogP contribution >= 0.6 is 0 Å². The molecule has 2 atom stereocenters. The normalized spacial score (nSPS) is 13.1. The minimum atomic E-state index is -3.37. The fourth-order valence-corrected chi connectivity index (χ4v) is 6.54. The number of nitrogens with one attached hydrogen (secondary N) is 3. The van der Waals surface area contributed by atoms with Gasteiger partial charge in [0.25, 0.3) is 0 Å². The molecule has 230 valence electrons. The zero-order valence-corrected chi connectivity index (χ0v) is 26.0. The highest BCUT2D eigenvalue weighted by molar-refractivity contribution is 7.92. The van der Waals surface area contributed by atoms with Gasteiger partial charge in [-0.1, -0.05) is 41.5 Å². The van der Waals surface area contributed by atoms with Gasteiger partial charge in [0.1, 0.15) is 0 Å². The van der Waals surface area contributed by atoms with E-state index < -0.39 is 16.1 Å². The highest BCUT2D eigenvalue weighted by atomic mass is 32.2. The molecule has 5 rings (SSSR count). The standard InChI is InChI=1S/C32H37N7O4S/c1-20-13-21(2)15-24(14-20)16-28(30-19-33-31-12-11-27(17-29(30)31)39-22(3)35-37-38-39)25(18-34-32(40)41)8-5-23-6-9-26(10-7-23)36-44(4,42)43/h6-7,9-15,17,19,25,28,33-34,36H,5,8,16,18H2,1-4H3,(H,40,41). The van der Waals surface area contributed by atoms with Crippen molar-refractivity contribution in [2.45, 2.75) is 46.0 Å². The molecule has 0 aliphatic heterocycles. The lowest BCUT2D eigenvalue weighted by Crippen LogP contribution is -2.32. The molecule has 0 saturated carbocycles. The maximum absolute atomic E-state index is 11.7. The number of anilines is 1. The summed E-state index contributed by atoms with van der Waals surface area (Å²) < 4.78 is 27.4. The molecule has 2 heterocycles. The summed E-state index contributed by atoms with van der Waals surface area (Å²) in [6.45, 7) is 6.30. The van der Waals surface area contributed by atoms with Crippen LogP contribution in [0.3, 0.4) is 0 Å². The number of aromatic amines is 1. The second-order valence-electron chi connectivity index (χ2n) is 11.5. The molecule has 11 nitrogen and oxygen atoms in total. The first-order valence-electron chi connectivity index (χ1n) is 14.4. The number of aryl methyl sites for hydroxylation is 4. The molecule has 4 N–H and O–H groups in total. The third-order valence-electron chi connectivity index (χ3n) is 7.85. The summed E-state index contributed by atoms with van der Waals surface area (Å²) in [6.07, 6.45) is 4.19. The van der Waals surface area contributed by atoms with E-state index in [-0.39, 0.29) is 18.4 Å². The number of sulfonamides is 1. The fourth-order valence-electron chi connectivity index (χ4n) is 5.98. The minimum absolute atomic E-state index is 0.0341. The number of nitrogens with zero attached hydrogens (tertiary/aromatic N) is 4. The number of rotatable bonds is 12. The molecular formula is C32H37N7O4S. The van der Waals surface area contributed by atoms with Crippen LogP contribution in [-0.2, 0) is 22.9 Å². The number of carboxylic acid groups (broad SMARTS) is 1. The molecule has 0 radical (unpaired) electrons. The second-order valence-corrected chi connectivity index (χ2v) is 13.2. The molecule has 2 aromatic heterocycles. The number of hydrogen-bond acceptors (Lipinski definition) is 6. The Kier molecular flexibility index (Phi) is 9.00. The van der Waals surface area contributed by atoms with Gasteiger partial charge >= 0.3 is 6.09 Å². The molecule has 3 aromatic carbocycles. The Bertz CT molecular complexity index is 1860. The average Bonchev–Trinajstić information content (AvgIpc) is 3.57. The topological polar surface area (TPSA) is 155 Å². The van der Waals surface area contributed by atoms with Gasteiger partial charge in [-0.15, -0.1) is 5.10 Å². The highest BCUT2D eigenvalue weighted by Gasteiger charge is 2.27. The number of amides is 1. The molecule has 0 saturated heterocycles. The van der Waals surface area contributed by atoms with Crippen molar-refractivity contribution in [1.29, 1.82) is 0 Å². The van der Waals surface area contributed by atoms with Gasteiger partial charge in [0.15, 0.2) is 5.82 Å². The van der Waals surface area contributed by atoms with Crippen LogP contribution in [0.1, 0.15) is 46.0 Å². The predicted octanol–water partition coefficient (Wildman–Crippen LogP) is 5.28. The van der Waals surface area contributed by atoms with E-state index in [1.807, 2.05) is 37.4 Å². The van der Waals surface area contributed by atoms with Gasteiger partial charge in [-0.25, -0.2) is 13.2 Å². The summed E-state index contributed by atoms with van der Waals surface area (Å²) in [5, 5.41) is 25.3. The first-order chi connectivity index (χ1) is 20.9. The Morgan fingerprint density at radius 3 is 2.36 bits per heavy atom. The van der Waals surface area contributed by atoms with E-state index in [1.165, 1.54) is 16.7 Å². The number of carbonyl (C=O) groups is 1. The van der Waals surface area contributed by atoms with Crippen LogP contribution in [0, 0.1) is 26.7 Å². The van der Waals surface area contributed by atoms with Crippen LogP contribution in [0.2, 0.25) is 0 Å². The van der Waals surface area contributed by atoms with Crippen molar-refractivity contribution in [3.8, 4) is 5.69 Å². The summed E-state index contributed by atoms with van der Waals surface area (Å²) in [5.74, 6) is 0.584. The molecule has 0 bridgehead atoms. The maximum Gasteiger partial charge on any atom is 0.404 e. The summed E-state index contributed by atoms with van der Waals surface area (Å²) in [7, 11) is -3.37. The van der Waals surface area contributed by atoms with E-state index in [0.29, 0.717) is 30.8 Å². The third kappa shape index (κ3) is 7.62. The molecule has 1 amide bonds. The second kappa shape index (κ2) is 12.9. The van der Waals surface area contributed by atoms with Gasteiger partial charge in [-0.3, -0.25) is 4.72 Å². The Balaban J connectivity index is 1.53. The summed E-state index contributed by atoms with van der Waals surface area (Å²) >= 11 is 0. The zero-order valence-electron chi connectivity index (χ0n) is 25.2. The lowest BCUT2D eigenvalue weighted by molar-refractivity contribution is 0.190. The van der Waals surface area contributed by atoms with Crippen molar-refractivity contribution in [3.05, 3.63) is 101 Å². The molecule has 12 heteroatoms. The van der Waals surface area contributed by atoms with E-state index in [9.17, 15) is 18.3 Å². The van der Waals surface area contributed by atoms with Crippen molar-refractivity contribution in [2.24, 2.45) is 5.92 Å². The van der Waals surface area contributed by atoms with Crippen molar-refractivity contribution >= 4 is 32.7 Å². The highest BCUT2D eigenvalue weighted by Crippen LogP contribution is 2.37. The summed E-state index contributed by atoms with van der Waals surface area (Å²) in [6, 6.07) is 19.9. The average molecular weight is 616 g/mol. The molecule has 0 fully saturated rings. The number of H-pyrrole nitrogens is 1. The Hall–Kier alpha value is -4.71. The smallest absolute Gasteiger partial charge is 0.404 e. The Labute approximate surface area is 256 Å². The van der Waals surface area contributed by atoms with Gasteiger partial charge < -0.3 is 15.4 Å². The van der Waals surface area contributed by atoms with Crippen LogP contribution in [0.4, 0.5) is 10.5 Å². The first-order valence-corrected chi connectivity index (χ1v) is 16.3. The van der Waals surface area contributed by atoms with E-state index in [4.69, 9.17) is 0 Å². The minimum Gasteiger partial charge on any atom is -0.465 e. The Morgan fingerprint density at radius 1 is 1.00 bits per heavy atom. The van der Waals surface area contributed by atoms with Crippen LogP contribution in [0.25, 0.3) is 16.6 Å². The number of tetrazole rings is 1. The quantitative estimate of drug-likeness (QED) is 0.149. The van der Waals surface area contributed by atoms with E-state index in [1.54, 1.807) is 16.8 Å². The maximum atomic E-state index is 11.7. The van der Waals surface area contributed by atoms with Gasteiger partial charge in [-0.05, 0) is 109 Å². The zero-order chi connectivity index (χ0) is 31.4. The fraction of sp³-hybridized carbons (Fsp3) is 0.312. The Morgan fingerprint density at radius 2 is 1.73 bits per heavy atom. The van der Waals surface area contributed by atoms with Gasteiger partial charge in [0, 0.05) is 29.3 Å². The predicted molar refractivity (Wildman–Crippen MR) is 171 cm³/mol. The van der Waals surface area contributed by atoms with Crippen LogP contribution in [0.5, 0.6) is 0 Å². The van der Waals surface area contributed by atoms with E-state index >= 15 is 0 Å². The first kappa shape index (κ1) is 30.7. The van der Waals surface area contributed by atoms with Crippen molar-refractivity contribution in [3.63, 3.8) is 0 Å². The van der Waals surface area contributed by atoms with Crippen LogP contribution in [-0.4, -0.2) is 57.6 Å². The largest absolute Gasteiger partial charge is 0.465 e. The molecule has 0 aliphatic rings. The number of benzene rings is 3. The molecule has 0 aliphatic carbocycles. The summed E-state index contributed by atoms with van der Waals surface area (Å²) in [5.41, 5.74) is 7.98. The molecular weight excluding hydrogens is 578 g/mol. The molecule has 44 heavy (non-hydrogen) atoms. The number of hydrogen-bond donors (Lipinski definition) is 4. The van der Waals surface area contributed by atoms with Gasteiger partial charge in [0.05, 0.1) is 11.9 Å². The van der Waals surface area contributed by atoms with Gasteiger partial charge in [-0.2, -0.15) is 4.68 Å². The monoisotopic (exact) mass is 615 g/mol. The third-order valence-corrected chi connectivity index (χ3v) is 8.46. The van der Waals surface area contributed by atoms with Crippen LogP contribution in [0.15, 0.2) is 66.9 Å². The molecule has 5 aromatic rings. The number of fused-ring (bicyclic) bond motifs is 1. The van der Waals surface area contributed by atoms with E-state index in [2.05, 4.69) is 68.7 Å². The SMILES string of the molecule is Cc1cc(C)cc(CC(c2c[nH]c3ccc(-n4nnnc4C)cc23)C(CCc2ccc(NS(C)(=O)=O)cc2)CNC(=O)O)c1.